The summed E-state index contributed by atoms with van der Waals surface area (Å²) in [6.07, 6.45) is 6.90. The van der Waals surface area contributed by atoms with Crippen molar-refractivity contribution in [2.45, 2.75) is 58.0 Å². The third-order valence-electron chi connectivity index (χ3n) is 4.56. The second-order valence-electron chi connectivity index (χ2n) is 7.92. The van der Waals surface area contributed by atoms with Gasteiger partial charge in [-0.1, -0.05) is 12.8 Å². The number of aryl methyl sites for hydroxylation is 1. The predicted octanol–water partition coefficient (Wildman–Crippen LogP) is 1.97. The Morgan fingerprint density at radius 1 is 1.12 bits per heavy atom. The SMILES string of the molecule is Cn1cccc1C(CNC(=O)C(=O)NC(C)(C)C)N1CCCCCC1. The van der Waals surface area contributed by atoms with Gasteiger partial charge in [0.15, 0.2) is 0 Å². The van der Waals surface area contributed by atoms with Gasteiger partial charge in [0.1, 0.15) is 0 Å². The number of amides is 2. The number of aromatic nitrogens is 1. The van der Waals surface area contributed by atoms with Gasteiger partial charge in [0, 0.05) is 31.0 Å². The number of carbonyl (C=O) groups is 2. The van der Waals surface area contributed by atoms with Crippen molar-refractivity contribution < 1.29 is 9.59 Å². The van der Waals surface area contributed by atoms with Crippen LogP contribution in [-0.2, 0) is 16.6 Å². The number of carbonyl (C=O) groups excluding carboxylic acids is 2. The van der Waals surface area contributed by atoms with Crippen LogP contribution in [-0.4, -0.2) is 46.5 Å². The molecule has 2 amide bonds. The highest BCUT2D eigenvalue weighted by molar-refractivity contribution is 6.35. The predicted molar refractivity (Wildman–Crippen MR) is 99.1 cm³/mol. The van der Waals surface area contributed by atoms with Gasteiger partial charge < -0.3 is 15.2 Å². The molecule has 2 N–H and O–H groups in total. The minimum atomic E-state index is -0.575. The molecule has 2 heterocycles. The number of rotatable bonds is 4. The quantitative estimate of drug-likeness (QED) is 0.818. The summed E-state index contributed by atoms with van der Waals surface area (Å²) in [5.74, 6) is -1.14. The van der Waals surface area contributed by atoms with Crippen molar-refractivity contribution in [2.24, 2.45) is 7.05 Å². The summed E-state index contributed by atoms with van der Waals surface area (Å²) in [7, 11) is 2.02. The highest BCUT2D eigenvalue weighted by Gasteiger charge is 2.26. The van der Waals surface area contributed by atoms with Gasteiger partial charge in [0.05, 0.1) is 6.04 Å². The van der Waals surface area contributed by atoms with Crippen LogP contribution < -0.4 is 10.6 Å². The van der Waals surface area contributed by atoms with E-state index in [0.717, 1.165) is 13.1 Å². The minimum Gasteiger partial charge on any atom is -0.353 e. The molecule has 1 atom stereocenters. The zero-order valence-electron chi connectivity index (χ0n) is 16.0. The lowest BCUT2D eigenvalue weighted by atomic mass is 10.1. The van der Waals surface area contributed by atoms with Crippen molar-refractivity contribution in [3.63, 3.8) is 0 Å². The van der Waals surface area contributed by atoms with E-state index < -0.39 is 17.4 Å². The monoisotopic (exact) mass is 348 g/mol. The molecule has 1 aromatic rings. The Balaban J connectivity index is 2.05. The maximum Gasteiger partial charge on any atom is 0.309 e. The van der Waals surface area contributed by atoms with Crippen LogP contribution in [0, 0.1) is 0 Å². The number of hydrogen-bond acceptors (Lipinski definition) is 3. The number of nitrogens with zero attached hydrogens (tertiary/aromatic N) is 2. The first-order chi connectivity index (χ1) is 11.8. The second-order valence-corrected chi connectivity index (χ2v) is 7.92. The fourth-order valence-electron chi connectivity index (χ4n) is 3.32. The van der Waals surface area contributed by atoms with E-state index in [1.807, 2.05) is 40.1 Å². The van der Waals surface area contributed by atoms with Crippen LogP contribution in [0.4, 0.5) is 0 Å². The molecule has 0 spiro atoms. The zero-order chi connectivity index (χ0) is 18.4. The Bertz CT molecular complexity index is 580. The van der Waals surface area contributed by atoms with Crippen LogP contribution in [0.1, 0.15) is 58.2 Å². The van der Waals surface area contributed by atoms with Gasteiger partial charge in [0.25, 0.3) is 0 Å². The molecule has 6 nitrogen and oxygen atoms in total. The van der Waals surface area contributed by atoms with Crippen molar-refractivity contribution in [3.05, 3.63) is 24.0 Å². The average molecular weight is 348 g/mol. The third kappa shape index (κ3) is 5.88. The van der Waals surface area contributed by atoms with Gasteiger partial charge in [-0.2, -0.15) is 0 Å². The summed E-state index contributed by atoms with van der Waals surface area (Å²) in [6, 6.07) is 4.20. The molecule has 1 aliphatic heterocycles. The average Bonchev–Trinajstić information content (AvgIpc) is 2.78. The van der Waals surface area contributed by atoms with E-state index in [0.29, 0.717) is 6.54 Å². The molecular formula is C19H32N4O2. The Morgan fingerprint density at radius 3 is 2.28 bits per heavy atom. The lowest BCUT2D eigenvalue weighted by Gasteiger charge is -2.31. The zero-order valence-corrected chi connectivity index (χ0v) is 16.0. The maximum absolute atomic E-state index is 12.2. The largest absolute Gasteiger partial charge is 0.353 e. The highest BCUT2D eigenvalue weighted by Crippen LogP contribution is 2.24. The van der Waals surface area contributed by atoms with E-state index in [1.165, 1.54) is 31.4 Å². The van der Waals surface area contributed by atoms with Crippen LogP contribution in [0.3, 0.4) is 0 Å². The van der Waals surface area contributed by atoms with Crippen LogP contribution >= 0.6 is 0 Å². The normalized spacial score (nSPS) is 17.6. The van der Waals surface area contributed by atoms with Crippen LogP contribution in [0.25, 0.3) is 0 Å². The van der Waals surface area contributed by atoms with Gasteiger partial charge in [-0.15, -0.1) is 0 Å². The van der Waals surface area contributed by atoms with Crippen molar-refractivity contribution in [3.8, 4) is 0 Å². The molecular weight excluding hydrogens is 316 g/mol. The van der Waals surface area contributed by atoms with Crippen LogP contribution in [0.5, 0.6) is 0 Å². The van der Waals surface area contributed by atoms with Gasteiger partial charge in [0.2, 0.25) is 0 Å². The van der Waals surface area contributed by atoms with Gasteiger partial charge in [-0.05, 0) is 58.8 Å². The van der Waals surface area contributed by atoms with Gasteiger partial charge >= 0.3 is 11.8 Å². The first kappa shape index (κ1) is 19.5. The Hall–Kier alpha value is -1.82. The van der Waals surface area contributed by atoms with Crippen molar-refractivity contribution in [1.82, 2.24) is 20.1 Å². The summed E-state index contributed by atoms with van der Waals surface area (Å²) in [6.45, 7) is 8.08. The molecule has 1 unspecified atom stereocenters. The summed E-state index contributed by atoms with van der Waals surface area (Å²) in [5.41, 5.74) is 0.745. The molecule has 1 fully saturated rings. The first-order valence-electron chi connectivity index (χ1n) is 9.23. The maximum atomic E-state index is 12.2. The molecule has 25 heavy (non-hydrogen) atoms. The van der Waals surface area contributed by atoms with E-state index in [4.69, 9.17) is 0 Å². The minimum absolute atomic E-state index is 0.0875. The molecule has 140 valence electrons. The molecule has 0 radical (unpaired) electrons. The molecule has 1 aliphatic rings. The fraction of sp³-hybridized carbons (Fsp3) is 0.684. The number of hydrogen-bond donors (Lipinski definition) is 2. The molecule has 0 saturated carbocycles. The molecule has 0 aliphatic carbocycles. The molecule has 0 bridgehead atoms. The Kier molecular flexibility index (Phi) is 6.64. The van der Waals surface area contributed by atoms with Crippen molar-refractivity contribution in [2.75, 3.05) is 19.6 Å². The van der Waals surface area contributed by atoms with Crippen molar-refractivity contribution >= 4 is 11.8 Å². The van der Waals surface area contributed by atoms with Gasteiger partial charge in [-0.3, -0.25) is 14.5 Å². The molecule has 0 aromatic carbocycles. The van der Waals surface area contributed by atoms with Gasteiger partial charge in [-0.25, -0.2) is 0 Å². The molecule has 1 saturated heterocycles. The number of likely N-dealkylation sites (tertiary alicyclic amines) is 1. The fourth-order valence-corrected chi connectivity index (χ4v) is 3.32. The summed E-state index contributed by atoms with van der Waals surface area (Å²) in [4.78, 5) is 26.6. The van der Waals surface area contributed by atoms with E-state index >= 15 is 0 Å². The van der Waals surface area contributed by atoms with Crippen LogP contribution in [0.2, 0.25) is 0 Å². The lowest BCUT2D eigenvalue weighted by Crippen LogP contribution is -2.49. The Labute approximate surface area is 151 Å². The topological polar surface area (TPSA) is 66.4 Å². The molecule has 2 rings (SSSR count). The summed E-state index contributed by atoms with van der Waals surface area (Å²) in [5, 5.41) is 5.54. The number of nitrogens with one attached hydrogen (secondary N) is 2. The first-order valence-corrected chi connectivity index (χ1v) is 9.23. The van der Waals surface area contributed by atoms with E-state index in [2.05, 4.69) is 26.2 Å². The lowest BCUT2D eigenvalue weighted by molar-refractivity contribution is -0.140. The molecule has 6 heteroatoms. The Morgan fingerprint density at radius 2 is 1.76 bits per heavy atom. The molecule has 1 aromatic heterocycles. The smallest absolute Gasteiger partial charge is 0.309 e. The van der Waals surface area contributed by atoms with E-state index in [-0.39, 0.29) is 6.04 Å². The van der Waals surface area contributed by atoms with E-state index in [9.17, 15) is 9.59 Å². The van der Waals surface area contributed by atoms with Crippen molar-refractivity contribution in [1.29, 1.82) is 0 Å². The summed E-state index contributed by atoms with van der Waals surface area (Å²) >= 11 is 0. The third-order valence-corrected chi connectivity index (χ3v) is 4.56. The summed E-state index contributed by atoms with van der Waals surface area (Å²) < 4.78 is 2.09. The standard InChI is InChI=1S/C19H32N4O2/c1-19(2,3)21-18(25)17(24)20-14-16(15-10-9-11-22(15)4)23-12-7-5-6-8-13-23/h9-11,16H,5-8,12-14H2,1-4H3,(H,20,24)(H,21,25). The highest BCUT2D eigenvalue weighted by atomic mass is 16.2. The van der Waals surface area contributed by atoms with E-state index in [1.54, 1.807) is 0 Å². The second kappa shape index (κ2) is 8.52. The van der Waals surface area contributed by atoms with Crippen LogP contribution in [0.15, 0.2) is 18.3 Å².